The Morgan fingerprint density at radius 2 is 2.11 bits per heavy atom. The summed E-state index contributed by atoms with van der Waals surface area (Å²) < 4.78 is 32.7. The van der Waals surface area contributed by atoms with E-state index in [2.05, 4.69) is 0 Å². The molecular weight excluding hydrogens is 244 g/mol. The smallest absolute Gasteiger partial charge is 0.150 e. The van der Waals surface area contributed by atoms with Gasteiger partial charge in [-0.15, -0.1) is 0 Å². The van der Waals surface area contributed by atoms with Crippen molar-refractivity contribution in [1.82, 2.24) is 0 Å². The van der Waals surface area contributed by atoms with Gasteiger partial charge in [0.05, 0.1) is 19.3 Å². The maximum atomic E-state index is 13.8. The van der Waals surface area contributed by atoms with E-state index in [0.717, 1.165) is 12.1 Å². The minimum Gasteiger partial charge on any atom is -0.394 e. The second kappa shape index (κ2) is 5.41. The first kappa shape index (κ1) is 12.9. The number of aliphatic hydroxyl groups excluding tert-OH is 1. The molecule has 1 unspecified atom stereocenters. The third-order valence-corrected chi connectivity index (χ3v) is 2.83. The van der Waals surface area contributed by atoms with Gasteiger partial charge in [0.2, 0.25) is 0 Å². The first-order valence-corrected chi connectivity index (χ1v) is 5.57. The van der Waals surface area contributed by atoms with E-state index in [4.69, 9.17) is 9.84 Å². The minimum atomic E-state index is -0.782. The zero-order valence-electron chi connectivity index (χ0n) is 9.60. The molecule has 0 aliphatic carbocycles. The Hall–Kier alpha value is -1.53. The van der Waals surface area contributed by atoms with E-state index in [9.17, 15) is 13.6 Å². The number of anilines is 1. The van der Waals surface area contributed by atoms with Crippen molar-refractivity contribution >= 4 is 12.0 Å². The van der Waals surface area contributed by atoms with Crippen LogP contribution in [0.3, 0.4) is 0 Å². The second-order valence-corrected chi connectivity index (χ2v) is 4.07. The largest absolute Gasteiger partial charge is 0.394 e. The molecule has 1 heterocycles. The van der Waals surface area contributed by atoms with Gasteiger partial charge >= 0.3 is 0 Å². The third-order valence-electron chi connectivity index (χ3n) is 2.83. The van der Waals surface area contributed by atoms with Gasteiger partial charge < -0.3 is 14.7 Å². The molecule has 18 heavy (non-hydrogen) atoms. The fourth-order valence-corrected chi connectivity index (χ4v) is 1.99. The van der Waals surface area contributed by atoms with Gasteiger partial charge in [-0.3, -0.25) is 4.79 Å². The van der Waals surface area contributed by atoms with Crippen LogP contribution in [0.25, 0.3) is 0 Å². The lowest BCUT2D eigenvalue weighted by Crippen LogP contribution is -2.44. The van der Waals surface area contributed by atoms with Crippen LogP contribution < -0.4 is 4.90 Å². The highest BCUT2D eigenvalue weighted by Gasteiger charge is 2.25. The second-order valence-electron chi connectivity index (χ2n) is 4.07. The molecule has 0 bridgehead atoms. The van der Waals surface area contributed by atoms with E-state index in [0.29, 0.717) is 19.4 Å². The Labute approximate surface area is 103 Å². The van der Waals surface area contributed by atoms with Crippen LogP contribution in [0.4, 0.5) is 14.5 Å². The summed E-state index contributed by atoms with van der Waals surface area (Å²) in [4.78, 5) is 12.0. The molecule has 1 aromatic carbocycles. The van der Waals surface area contributed by atoms with E-state index in [1.165, 1.54) is 4.90 Å². The predicted octanol–water partition coefficient (Wildman–Crippen LogP) is 0.975. The molecule has 0 aromatic heterocycles. The summed E-state index contributed by atoms with van der Waals surface area (Å²) in [6.45, 7) is 0.640. The molecule has 1 saturated heterocycles. The van der Waals surface area contributed by atoms with Gasteiger partial charge in [-0.1, -0.05) is 0 Å². The van der Waals surface area contributed by atoms with E-state index >= 15 is 0 Å². The number of carbonyl (C=O) groups excluding carboxylic acids is 1. The van der Waals surface area contributed by atoms with E-state index in [1.54, 1.807) is 0 Å². The van der Waals surface area contributed by atoms with Crippen molar-refractivity contribution in [3.05, 3.63) is 29.3 Å². The van der Waals surface area contributed by atoms with Crippen LogP contribution in [0.1, 0.15) is 10.4 Å². The number of rotatable bonds is 3. The van der Waals surface area contributed by atoms with Crippen molar-refractivity contribution in [2.24, 2.45) is 0 Å². The Balaban J connectivity index is 2.30. The van der Waals surface area contributed by atoms with Crippen LogP contribution in [0, 0.1) is 11.6 Å². The van der Waals surface area contributed by atoms with Crippen LogP contribution in [0.2, 0.25) is 0 Å². The summed E-state index contributed by atoms with van der Waals surface area (Å²) >= 11 is 0. The molecule has 0 radical (unpaired) electrons. The van der Waals surface area contributed by atoms with Crippen LogP contribution in [0.15, 0.2) is 12.1 Å². The van der Waals surface area contributed by atoms with Gasteiger partial charge in [-0.2, -0.15) is 0 Å². The molecule has 0 saturated carbocycles. The van der Waals surface area contributed by atoms with E-state index < -0.39 is 17.7 Å². The summed E-state index contributed by atoms with van der Waals surface area (Å²) in [7, 11) is 0. The van der Waals surface area contributed by atoms with Crippen molar-refractivity contribution < 1.29 is 23.4 Å². The van der Waals surface area contributed by atoms with Gasteiger partial charge in [-0.05, 0) is 12.1 Å². The molecule has 0 spiro atoms. The Morgan fingerprint density at radius 3 is 2.67 bits per heavy atom. The number of hydrogen-bond donors (Lipinski definition) is 1. The van der Waals surface area contributed by atoms with Gasteiger partial charge in [0, 0.05) is 18.7 Å². The normalized spacial score (nSPS) is 19.9. The first-order chi connectivity index (χ1) is 8.65. The highest BCUT2D eigenvalue weighted by atomic mass is 19.1. The lowest BCUT2D eigenvalue weighted by atomic mass is 10.1. The fourth-order valence-electron chi connectivity index (χ4n) is 1.99. The molecular formula is C12H13F2NO3. The molecule has 2 rings (SSSR count). The monoisotopic (exact) mass is 257 g/mol. The van der Waals surface area contributed by atoms with Crippen LogP contribution in [0.5, 0.6) is 0 Å². The third kappa shape index (κ3) is 2.49. The van der Waals surface area contributed by atoms with Crippen molar-refractivity contribution in [3.63, 3.8) is 0 Å². The number of nitrogens with zero attached hydrogens (tertiary/aromatic N) is 1. The summed E-state index contributed by atoms with van der Waals surface area (Å²) in [6, 6.07) is 1.99. The van der Waals surface area contributed by atoms with Crippen LogP contribution in [-0.2, 0) is 4.74 Å². The predicted molar refractivity (Wildman–Crippen MR) is 60.8 cm³/mol. The van der Waals surface area contributed by atoms with Crippen molar-refractivity contribution in [1.29, 1.82) is 0 Å². The SMILES string of the molecule is O=Cc1cc(F)c(N2CCOC(CO)C2)c(F)c1. The fraction of sp³-hybridized carbons (Fsp3) is 0.417. The van der Waals surface area contributed by atoms with E-state index in [1.807, 2.05) is 0 Å². The molecule has 1 fully saturated rings. The summed E-state index contributed by atoms with van der Waals surface area (Å²) in [5.41, 5.74) is -0.219. The molecule has 6 heteroatoms. The number of hydrogen-bond acceptors (Lipinski definition) is 4. The molecule has 1 atom stereocenters. The maximum Gasteiger partial charge on any atom is 0.150 e. The standard InChI is InChI=1S/C12H13F2NO3/c13-10-3-8(6-16)4-11(14)12(10)15-1-2-18-9(5-15)7-17/h3-4,6,9,17H,1-2,5,7H2. The topological polar surface area (TPSA) is 49.8 Å². The lowest BCUT2D eigenvalue weighted by Gasteiger charge is -2.34. The van der Waals surface area contributed by atoms with Gasteiger partial charge in [0.1, 0.15) is 23.6 Å². The molecule has 1 aromatic rings. The zero-order valence-corrected chi connectivity index (χ0v) is 9.60. The highest BCUT2D eigenvalue weighted by molar-refractivity contribution is 5.76. The van der Waals surface area contributed by atoms with Crippen molar-refractivity contribution in [3.8, 4) is 0 Å². The molecule has 1 aliphatic rings. The van der Waals surface area contributed by atoms with Gasteiger partial charge in [-0.25, -0.2) is 8.78 Å². The Bertz CT molecular complexity index is 430. The summed E-state index contributed by atoms with van der Waals surface area (Å²) in [5.74, 6) is -1.56. The number of aldehydes is 1. The Morgan fingerprint density at radius 1 is 1.44 bits per heavy atom. The van der Waals surface area contributed by atoms with Crippen molar-refractivity contribution in [2.45, 2.75) is 6.10 Å². The molecule has 1 N–H and O–H groups in total. The molecule has 0 amide bonds. The number of halogens is 2. The number of aliphatic hydroxyl groups is 1. The number of carbonyl (C=O) groups is 1. The highest BCUT2D eigenvalue weighted by Crippen LogP contribution is 2.26. The number of morpholine rings is 1. The summed E-state index contributed by atoms with van der Waals surface area (Å²) in [6.07, 6.45) is -0.0607. The van der Waals surface area contributed by atoms with Crippen molar-refractivity contribution in [2.75, 3.05) is 31.2 Å². The Kier molecular flexibility index (Phi) is 3.88. The van der Waals surface area contributed by atoms with Gasteiger partial charge in [0.25, 0.3) is 0 Å². The maximum absolute atomic E-state index is 13.8. The number of ether oxygens (including phenoxy) is 1. The average molecular weight is 257 g/mol. The first-order valence-electron chi connectivity index (χ1n) is 5.57. The zero-order chi connectivity index (χ0) is 13.1. The van der Waals surface area contributed by atoms with Crippen LogP contribution >= 0.6 is 0 Å². The minimum absolute atomic E-state index is 0.0410. The quantitative estimate of drug-likeness (QED) is 0.820. The molecule has 98 valence electrons. The average Bonchev–Trinajstić information content (AvgIpc) is 2.38. The van der Waals surface area contributed by atoms with Gasteiger partial charge in [0.15, 0.2) is 0 Å². The van der Waals surface area contributed by atoms with Crippen LogP contribution in [-0.4, -0.2) is 43.8 Å². The lowest BCUT2D eigenvalue weighted by molar-refractivity contribution is 0.00323. The molecule has 4 nitrogen and oxygen atoms in total. The summed E-state index contributed by atoms with van der Waals surface area (Å²) in [5, 5.41) is 8.99. The molecule has 1 aliphatic heterocycles. The van der Waals surface area contributed by atoms with E-state index in [-0.39, 0.29) is 24.4 Å². The number of benzene rings is 1.